The first-order valence-electron chi connectivity index (χ1n) is 13.8. The van der Waals surface area contributed by atoms with Crippen LogP contribution in [0.3, 0.4) is 0 Å². The minimum absolute atomic E-state index is 0.128. The molecule has 0 aliphatic carbocycles. The summed E-state index contributed by atoms with van der Waals surface area (Å²) in [5, 5.41) is 28.6. The molecule has 1 aliphatic heterocycles. The van der Waals surface area contributed by atoms with Gasteiger partial charge in [0.2, 0.25) is 5.60 Å². The van der Waals surface area contributed by atoms with E-state index in [2.05, 4.69) is 15.2 Å². The Morgan fingerprint density at radius 2 is 1.89 bits per heavy atom. The number of nitrogen functional groups attached to an aromatic ring is 1. The molecule has 0 saturated carbocycles. The first kappa shape index (κ1) is 32.8. The second-order valence-electron chi connectivity index (χ2n) is 10.8. The van der Waals surface area contributed by atoms with Crippen LogP contribution in [-0.4, -0.2) is 68.2 Å². The van der Waals surface area contributed by atoms with Crippen LogP contribution in [0.1, 0.15) is 46.4 Å². The largest absolute Gasteiger partial charge is 0.462 e. The van der Waals surface area contributed by atoms with Crippen molar-refractivity contribution in [1.82, 2.24) is 19.7 Å². The highest BCUT2D eigenvalue weighted by Crippen LogP contribution is 2.49. The van der Waals surface area contributed by atoms with E-state index in [0.717, 1.165) is 0 Å². The number of anilines is 1. The van der Waals surface area contributed by atoms with Gasteiger partial charge in [-0.2, -0.15) is 15.4 Å². The van der Waals surface area contributed by atoms with E-state index in [-0.39, 0.29) is 17.3 Å². The molecule has 1 aromatic carbocycles. The summed E-state index contributed by atoms with van der Waals surface area (Å²) >= 11 is 0. The van der Waals surface area contributed by atoms with Gasteiger partial charge in [-0.05, 0) is 45.0 Å². The molecule has 15 nitrogen and oxygen atoms in total. The van der Waals surface area contributed by atoms with E-state index >= 15 is 0 Å². The fourth-order valence-electron chi connectivity index (χ4n) is 4.40. The first-order valence-corrected chi connectivity index (χ1v) is 15.4. The van der Waals surface area contributed by atoms with Crippen LogP contribution in [0.25, 0.3) is 5.52 Å². The number of ether oxygens (including phenoxy) is 3. The Morgan fingerprint density at radius 3 is 2.52 bits per heavy atom. The van der Waals surface area contributed by atoms with Crippen molar-refractivity contribution in [1.29, 1.82) is 5.26 Å². The van der Waals surface area contributed by atoms with Gasteiger partial charge < -0.3 is 29.6 Å². The summed E-state index contributed by atoms with van der Waals surface area (Å²) in [6.07, 6.45) is -3.72. The molecule has 0 bridgehead atoms. The van der Waals surface area contributed by atoms with Crippen molar-refractivity contribution in [2.75, 3.05) is 12.3 Å². The van der Waals surface area contributed by atoms with Crippen molar-refractivity contribution in [3.63, 3.8) is 0 Å². The molecular formula is C28H35N6O9P. The maximum absolute atomic E-state index is 14.1. The van der Waals surface area contributed by atoms with Crippen LogP contribution in [-0.2, 0) is 32.9 Å². The van der Waals surface area contributed by atoms with E-state index in [1.165, 1.54) is 29.9 Å². The molecule has 44 heavy (non-hydrogen) atoms. The van der Waals surface area contributed by atoms with Crippen molar-refractivity contribution in [3.8, 4) is 11.8 Å². The lowest BCUT2D eigenvalue weighted by Gasteiger charge is -2.30. The smallest absolute Gasteiger partial charge is 0.459 e. The van der Waals surface area contributed by atoms with Crippen molar-refractivity contribution < 1.29 is 42.5 Å². The molecule has 3 aromatic rings. The van der Waals surface area contributed by atoms with Crippen LogP contribution < -0.4 is 15.3 Å². The SMILES string of the molecule is CC(C)OC(=O)[C@H](C)N[P@](=O)(OC[C@@]1(C#N)O[C@@H](c2ccc3c(N)ncnn23)[C@H](O)[C@@H]1OC(=O)C(C)C)Oc1ccccc1. The summed E-state index contributed by atoms with van der Waals surface area (Å²) in [7, 11) is -4.47. The Kier molecular flexibility index (Phi) is 9.92. The van der Waals surface area contributed by atoms with Gasteiger partial charge in [-0.25, -0.2) is 14.1 Å². The topological polar surface area (TPSA) is 210 Å². The molecule has 0 amide bonds. The number of rotatable bonds is 12. The Balaban J connectivity index is 1.69. The van der Waals surface area contributed by atoms with Crippen molar-refractivity contribution in [2.24, 2.45) is 5.92 Å². The average molecular weight is 631 g/mol. The second-order valence-corrected chi connectivity index (χ2v) is 12.4. The van der Waals surface area contributed by atoms with Gasteiger partial charge in [0.1, 0.15) is 48.5 Å². The first-order chi connectivity index (χ1) is 20.8. The number of nitrogens with zero attached hydrogens (tertiary/aromatic N) is 4. The molecule has 0 unspecified atom stereocenters. The van der Waals surface area contributed by atoms with Crippen LogP contribution in [0, 0.1) is 17.2 Å². The lowest BCUT2D eigenvalue weighted by molar-refractivity contribution is -0.164. The third-order valence-electron chi connectivity index (χ3n) is 6.60. The Labute approximate surface area is 253 Å². The molecule has 236 valence electrons. The Bertz CT molecular complexity index is 1580. The zero-order chi connectivity index (χ0) is 32.2. The molecule has 4 rings (SSSR count). The van der Waals surface area contributed by atoms with E-state index in [9.17, 15) is 24.5 Å². The molecule has 6 atom stereocenters. The molecular weight excluding hydrogens is 595 g/mol. The van der Waals surface area contributed by atoms with E-state index in [4.69, 9.17) is 29.0 Å². The number of nitriles is 1. The molecule has 1 aliphatic rings. The zero-order valence-corrected chi connectivity index (χ0v) is 25.7. The van der Waals surface area contributed by atoms with E-state index in [1.54, 1.807) is 58.0 Å². The minimum Gasteiger partial charge on any atom is -0.462 e. The quantitative estimate of drug-likeness (QED) is 0.194. The van der Waals surface area contributed by atoms with Gasteiger partial charge in [-0.3, -0.25) is 14.1 Å². The van der Waals surface area contributed by atoms with Crippen molar-refractivity contribution in [3.05, 3.63) is 54.5 Å². The summed E-state index contributed by atoms with van der Waals surface area (Å²) in [5.41, 5.74) is 4.44. The molecule has 16 heteroatoms. The molecule has 1 fully saturated rings. The lowest BCUT2D eigenvalue weighted by Crippen LogP contribution is -2.49. The number of hydrogen-bond acceptors (Lipinski definition) is 13. The highest BCUT2D eigenvalue weighted by molar-refractivity contribution is 7.52. The zero-order valence-electron chi connectivity index (χ0n) is 24.8. The highest BCUT2D eigenvalue weighted by atomic mass is 31.2. The Hall–Kier alpha value is -4.06. The maximum Gasteiger partial charge on any atom is 0.459 e. The number of nitrogens with two attached hydrogens (primary N) is 1. The number of carbonyl (C=O) groups excluding carboxylic acids is 2. The number of nitrogens with one attached hydrogen (secondary N) is 1. The minimum atomic E-state index is -4.47. The van der Waals surface area contributed by atoms with Crippen LogP contribution in [0.15, 0.2) is 48.8 Å². The fraction of sp³-hybridized carbons (Fsp3) is 0.464. The third-order valence-corrected chi connectivity index (χ3v) is 8.22. The predicted molar refractivity (Wildman–Crippen MR) is 155 cm³/mol. The molecule has 0 radical (unpaired) electrons. The lowest BCUT2D eigenvalue weighted by atomic mass is 9.95. The van der Waals surface area contributed by atoms with Gasteiger partial charge >= 0.3 is 19.7 Å². The highest BCUT2D eigenvalue weighted by Gasteiger charge is 2.60. The third kappa shape index (κ3) is 7.01. The van der Waals surface area contributed by atoms with Gasteiger partial charge in [0, 0.05) is 0 Å². The number of aromatic nitrogens is 3. The summed E-state index contributed by atoms with van der Waals surface area (Å²) < 4.78 is 43.8. The number of fused-ring (bicyclic) bond motifs is 1. The number of hydrogen-bond donors (Lipinski definition) is 3. The van der Waals surface area contributed by atoms with Crippen LogP contribution in [0.4, 0.5) is 5.82 Å². The van der Waals surface area contributed by atoms with E-state index < -0.39 is 68.3 Å². The predicted octanol–water partition coefficient (Wildman–Crippen LogP) is 2.71. The van der Waals surface area contributed by atoms with E-state index in [1.807, 2.05) is 6.07 Å². The van der Waals surface area contributed by atoms with E-state index in [0.29, 0.717) is 5.52 Å². The maximum atomic E-state index is 14.1. The van der Waals surface area contributed by atoms with Gasteiger partial charge in [-0.15, -0.1) is 0 Å². The molecule has 3 heterocycles. The molecule has 2 aromatic heterocycles. The van der Waals surface area contributed by atoms with Crippen LogP contribution in [0.2, 0.25) is 0 Å². The molecule has 0 spiro atoms. The number of para-hydroxylation sites is 1. The number of carbonyl (C=O) groups is 2. The average Bonchev–Trinajstić information content (AvgIpc) is 3.52. The Morgan fingerprint density at radius 1 is 1.18 bits per heavy atom. The standard InChI is InChI=1S/C28H35N6O9P/c1-16(2)26(36)41-24-22(35)23(20-11-12-21-25(30)31-15-32-34(20)21)42-28(24,13-29)14-39-44(38,43-19-9-7-6-8-10-19)33-18(5)27(37)40-17(3)4/h6-12,15-18,22-24,35H,14H2,1-5H3,(H,33,38)(H2,30,31,32)/t18-,22-,23-,24-,28+,44-/m0/s1. The normalized spacial score (nSPS) is 23.7. The summed E-state index contributed by atoms with van der Waals surface area (Å²) in [6.45, 7) is 7.05. The number of benzene rings is 1. The van der Waals surface area contributed by atoms with Gasteiger partial charge in [-0.1, -0.05) is 32.0 Å². The van der Waals surface area contributed by atoms with Crippen LogP contribution in [0.5, 0.6) is 5.75 Å². The summed E-state index contributed by atoms with van der Waals surface area (Å²) in [6, 6.07) is 11.9. The fourth-order valence-corrected chi connectivity index (χ4v) is 5.92. The van der Waals surface area contributed by atoms with Crippen molar-refractivity contribution >= 4 is 31.0 Å². The second kappa shape index (κ2) is 13.3. The summed E-state index contributed by atoms with van der Waals surface area (Å²) in [5.74, 6) is -1.79. The molecule has 1 saturated heterocycles. The molecule has 4 N–H and O–H groups in total. The van der Waals surface area contributed by atoms with Crippen molar-refractivity contribution in [2.45, 2.75) is 70.7 Å². The monoisotopic (exact) mass is 630 g/mol. The van der Waals surface area contributed by atoms with Gasteiger partial charge in [0.15, 0.2) is 11.9 Å². The van der Waals surface area contributed by atoms with Gasteiger partial charge in [0.25, 0.3) is 0 Å². The summed E-state index contributed by atoms with van der Waals surface area (Å²) in [4.78, 5) is 29.2. The number of aliphatic hydroxyl groups excluding tert-OH is 1. The number of aliphatic hydroxyl groups is 1. The van der Waals surface area contributed by atoms with Crippen LogP contribution >= 0.6 is 7.75 Å². The number of esters is 2. The van der Waals surface area contributed by atoms with Gasteiger partial charge in [0.05, 0.1) is 17.7 Å².